The van der Waals surface area contributed by atoms with Gasteiger partial charge in [-0.25, -0.2) is 23.6 Å². The number of ether oxygens (including phenoxy) is 4. The average Bonchev–Trinajstić information content (AvgIpc) is 2.92. The molecule has 8 nitrogen and oxygen atoms in total. The maximum absolute atomic E-state index is 14.6. The Labute approximate surface area is 222 Å². The van der Waals surface area contributed by atoms with Crippen LogP contribution in [-0.4, -0.2) is 24.2 Å². The van der Waals surface area contributed by atoms with Crippen molar-refractivity contribution in [3.8, 4) is 11.5 Å². The van der Waals surface area contributed by atoms with Crippen LogP contribution in [0.2, 0.25) is 0 Å². The third-order valence-electron chi connectivity index (χ3n) is 4.81. The zero-order valence-electron chi connectivity index (χ0n) is 20.4. The molecule has 0 aliphatic rings. The van der Waals surface area contributed by atoms with Crippen LogP contribution in [0.5, 0.6) is 11.5 Å². The molecule has 3 aromatic carbocycles. The maximum Gasteiger partial charge on any atom is 0.521 e. The molecule has 39 heavy (non-hydrogen) atoms. The van der Waals surface area contributed by atoms with Crippen LogP contribution in [0.25, 0.3) is 24.3 Å². The first-order chi connectivity index (χ1) is 18.7. The van der Waals surface area contributed by atoms with Crippen LogP contribution < -0.4 is 9.47 Å². The van der Waals surface area contributed by atoms with Gasteiger partial charge in [-0.05, 0) is 47.0 Å². The van der Waals surface area contributed by atoms with Gasteiger partial charge in [0.25, 0.3) is 0 Å². The Morgan fingerprint density at radius 2 is 1.00 bits per heavy atom. The second-order valence-corrected chi connectivity index (χ2v) is 7.54. The number of esters is 2. The summed E-state index contributed by atoms with van der Waals surface area (Å²) in [7, 11) is 0. The van der Waals surface area contributed by atoms with Crippen LogP contribution >= 0.6 is 0 Å². The first-order valence-electron chi connectivity index (χ1n) is 11.2. The Hall–Kier alpha value is -5.57. The van der Waals surface area contributed by atoms with Crippen molar-refractivity contribution in [2.24, 2.45) is 0 Å². The van der Waals surface area contributed by atoms with E-state index in [4.69, 9.17) is 9.47 Å². The van der Waals surface area contributed by atoms with E-state index < -0.39 is 30.1 Å². The molecule has 0 N–H and O–H groups in total. The summed E-state index contributed by atoms with van der Waals surface area (Å²) in [5, 5.41) is 0. The summed E-state index contributed by atoms with van der Waals surface area (Å²) in [6, 6.07) is 17.4. The van der Waals surface area contributed by atoms with E-state index >= 15 is 0 Å². The molecule has 0 atom stereocenters. The number of rotatable bonds is 8. The number of hydrogen-bond acceptors (Lipinski definition) is 8. The third kappa shape index (κ3) is 9.10. The molecule has 9 heteroatoms. The molecule has 0 bridgehead atoms. The predicted octanol–water partition coefficient (Wildman–Crippen LogP) is 6.62. The minimum atomic E-state index is -1.18. The minimum absolute atomic E-state index is 0.168. The topological polar surface area (TPSA) is 105 Å². The van der Waals surface area contributed by atoms with Crippen molar-refractivity contribution in [1.29, 1.82) is 0 Å². The Balaban J connectivity index is 1.57. The molecule has 0 aliphatic heterocycles. The standard InChI is InChI=1S/C30H21FO8/c1-3-27(32)38-29(34)36-24-15-9-20(10-16-24)5-6-22-8-14-23(26(31)19-22)13-7-21-11-17-25(18-12-21)37-30(35)39-28(33)4-2/h3-19H,1-2H2/b6-5+,13-7+. The van der Waals surface area contributed by atoms with Crippen molar-refractivity contribution in [2.45, 2.75) is 0 Å². The highest BCUT2D eigenvalue weighted by molar-refractivity contribution is 5.90. The molecule has 0 heterocycles. The number of benzene rings is 3. The molecule has 196 valence electrons. The molecule has 3 rings (SSSR count). The minimum Gasteiger partial charge on any atom is -0.395 e. The highest BCUT2D eigenvalue weighted by Gasteiger charge is 2.11. The van der Waals surface area contributed by atoms with Gasteiger partial charge in [0.05, 0.1) is 0 Å². The third-order valence-corrected chi connectivity index (χ3v) is 4.81. The molecule has 0 saturated carbocycles. The molecule has 0 aliphatic carbocycles. The van der Waals surface area contributed by atoms with Crippen LogP contribution in [0.3, 0.4) is 0 Å². The second-order valence-electron chi connectivity index (χ2n) is 7.54. The van der Waals surface area contributed by atoms with Gasteiger partial charge in [-0.1, -0.05) is 73.9 Å². The number of halogens is 1. The van der Waals surface area contributed by atoms with Crippen LogP contribution in [0.4, 0.5) is 14.0 Å². The van der Waals surface area contributed by atoms with Gasteiger partial charge in [-0.3, -0.25) is 0 Å². The molecular weight excluding hydrogens is 507 g/mol. The fourth-order valence-electron chi connectivity index (χ4n) is 2.94. The van der Waals surface area contributed by atoms with Gasteiger partial charge < -0.3 is 18.9 Å². The summed E-state index contributed by atoms with van der Waals surface area (Å²) in [6.07, 6.45) is 6.09. The van der Waals surface area contributed by atoms with E-state index in [0.29, 0.717) is 16.7 Å². The Morgan fingerprint density at radius 3 is 1.44 bits per heavy atom. The number of carbonyl (C=O) groups excluding carboxylic acids is 4. The molecule has 0 amide bonds. The lowest BCUT2D eigenvalue weighted by Gasteiger charge is -2.04. The lowest BCUT2D eigenvalue weighted by Crippen LogP contribution is -2.14. The Kier molecular flexibility index (Phi) is 9.81. The molecular formula is C30H21FO8. The highest BCUT2D eigenvalue weighted by Crippen LogP contribution is 2.19. The summed E-state index contributed by atoms with van der Waals surface area (Å²) < 4.78 is 33.0. The Morgan fingerprint density at radius 1 is 0.590 bits per heavy atom. The summed E-state index contributed by atoms with van der Waals surface area (Å²) in [6.45, 7) is 6.37. The normalized spacial score (nSPS) is 10.6. The first kappa shape index (κ1) is 28.0. The van der Waals surface area contributed by atoms with E-state index in [1.165, 1.54) is 30.3 Å². The number of hydrogen-bond donors (Lipinski definition) is 0. The lowest BCUT2D eigenvalue weighted by atomic mass is 10.1. The van der Waals surface area contributed by atoms with Gasteiger partial charge in [0, 0.05) is 17.7 Å². The van der Waals surface area contributed by atoms with Gasteiger partial charge >= 0.3 is 24.2 Å². The van der Waals surface area contributed by atoms with Crippen molar-refractivity contribution in [1.82, 2.24) is 0 Å². The van der Waals surface area contributed by atoms with E-state index in [1.54, 1.807) is 60.7 Å². The summed E-state index contributed by atoms with van der Waals surface area (Å²) in [5.74, 6) is -1.92. The second kappa shape index (κ2) is 13.7. The fraction of sp³-hybridized carbons (Fsp3) is 0. The highest BCUT2D eigenvalue weighted by atomic mass is 19.1. The lowest BCUT2D eigenvalue weighted by molar-refractivity contribution is -0.134. The molecule has 0 unspecified atom stereocenters. The van der Waals surface area contributed by atoms with E-state index in [0.717, 1.165) is 17.7 Å². The molecule has 0 radical (unpaired) electrons. The van der Waals surface area contributed by atoms with E-state index in [2.05, 4.69) is 22.6 Å². The van der Waals surface area contributed by atoms with Crippen molar-refractivity contribution < 1.29 is 42.5 Å². The molecule has 0 saturated heterocycles. The smallest absolute Gasteiger partial charge is 0.395 e. The van der Waals surface area contributed by atoms with Crippen molar-refractivity contribution >= 4 is 48.6 Å². The quantitative estimate of drug-likeness (QED) is 0.106. The molecule has 0 fully saturated rings. The van der Waals surface area contributed by atoms with E-state index in [1.807, 2.05) is 0 Å². The van der Waals surface area contributed by atoms with E-state index in [9.17, 15) is 23.6 Å². The van der Waals surface area contributed by atoms with Crippen LogP contribution in [0, 0.1) is 5.82 Å². The van der Waals surface area contributed by atoms with Gasteiger partial charge in [0.15, 0.2) is 0 Å². The molecule has 0 spiro atoms. The monoisotopic (exact) mass is 528 g/mol. The maximum atomic E-state index is 14.6. The Bertz CT molecular complexity index is 1450. The number of carbonyl (C=O) groups is 4. The zero-order chi connectivity index (χ0) is 28.2. The first-order valence-corrected chi connectivity index (χ1v) is 11.2. The van der Waals surface area contributed by atoms with E-state index in [-0.39, 0.29) is 11.5 Å². The predicted molar refractivity (Wildman–Crippen MR) is 142 cm³/mol. The zero-order valence-corrected chi connectivity index (χ0v) is 20.4. The van der Waals surface area contributed by atoms with Crippen LogP contribution in [0.15, 0.2) is 92.0 Å². The SMILES string of the molecule is C=CC(=O)OC(=O)Oc1ccc(/C=C/c2ccc(/C=C/c3ccc(OC(=O)OC(=O)C=C)cc3)c(F)c2)cc1. The van der Waals surface area contributed by atoms with Crippen molar-refractivity contribution in [2.75, 3.05) is 0 Å². The largest absolute Gasteiger partial charge is 0.521 e. The summed E-state index contributed by atoms with van der Waals surface area (Å²) in [4.78, 5) is 44.9. The fourth-order valence-corrected chi connectivity index (χ4v) is 2.94. The van der Waals surface area contributed by atoms with Crippen molar-refractivity contribution in [3.05, 3.63) is 120 Å². The molecule has 3 aromatic rings. The van der Waals surface area contributed by atoms with Crippen molar-refractivity contribution in [3.63, 3.8) is 0 Å². The van der Waals surface area contributed by atoms with Crippen LogP contribution in [-0.2, 0) is 19.1 Å². The van der Waals surface area contributed by atoms with Crippen LogP contribution in [0.1, 0.15) is 22.3 Å². The van der Waals surface area contributed by atoms with Gasteiger partial charge in [-0.2, -0.15) is 0 Å². The average molecular weight is 528 g/mol. The van der Waals surface area contributed by atoms with Gasteiger partial charge in [0.1, 0.15) is 17.3 Å². The molecule has 0 aromatic heterocycles. The van der Waals surface area contributed by atoms with Gasteiger partial charge in [0.2, 0.25) is 0 Å². The van der Waals surface area contributed by atoms with Gasteiger partial charge in [-0.15, -0.1) is 0 Å². The summed E-state index contributed by atoms with van der Waals surface area (Å²) in [5.41, 5.74) is 2.46. The summed E-state index contributed by atoms with van der Waals surface area (Å²) >= 11 is 0.